The Morgan fingerprint density at radius 2 is 1.25 bits per heavy atom. The number of allylic oxidation sites excluding steroid dienone is 16. The van der Waals surface area contributed by atoms with Gasteiger partial charge in [0.25, 0.3) is 0 Å². The monoisotopic (exact) mass is 668 g/mol. The van der Waals surface area contributed by atoms with Crippen LogP contribution in [0.1, 0.15) is 47.0 Å². The highest BCUT2D eigenvalue weighted by molar-refractivity contribution is 5.82. The fraction of sp³-hybridized carbons (Fsp3) is 0.462. The van der Waals surface area contributed by atoms with E-state index in [9.17, 15) is 30.3 Å². The SMILES string of the molecule is COC(=O)/C=C/C=C/C=C/C=C/CC/C=C/C(C)C(O)C(C)C(O)/C=C/C=C/C=C/C=C/C=C/CC(C)OC1OC(C)C(O)C(O)C1O. The van der Waals surface area contributed by atoms with Crippen LogP contribution in [-0.4, -0.2) is 87.6 Å². The number of unbranched alkanes of at least 4 members (excludes halogenated alkanes) is 1. The van der Waals surface area contributed by atoms with Crippen molar-refractivity contribution in [2.45, 2.75) is 96.0 Å². The van der Waals surface area contributed by atoms with E-state index in [0.29, 0.717) is 6.42 Å². The first kappa shape index (κ1) is 42.6. The lowest BCUT2D eigenvalue weighted by Gasteiger charge is -2.39. The first-order valence-corrected chi connectivity index (χ1v) is 16.4. The number of hydrogen-bond acceptors (Lipinski definition) is 9. The van der Waals surface area contributed by atoms with Crippen LogP contribution in [-0.2, 0) is 19.0 Å². The molecular weight excluding hydrogens is 612 g/mol. The van der Waals surface area contributed by atoms with Crippen LogP contribution in [0.2, 0.25) is 0 Å². The average molecular weight is 669 g/mol. The second-order valence-corrected chi connectivity index (χ2v) is 11.6. The maximum absolute atomic E-state index is 10.9. The molecule has 9 nitrogen and oxygen atoms in total. The van der Waals surface area contributed by atoms with Crippen LogP contribution in [0.4, 0.5) is 0 Å². The summed E-state index contributed by atoms with van der Waals surface area (Å²) >= 11 is 0. The van der Waals surface area contributed by atoms with Gasteiger partial charge >= 0.3 is 5.97 Å². The summed E-state index contributed by atoms with van der Waals surface area (Å²) in [6.45, 7) is 7.22. The Morgan fingerprint density at radius 3 is 1.88 bits per heavy atom. The van der Waals surface area contributed by atoms with Gasteiger partial charge in [-0.25, -0.2) is 4.79 Å². The molecule has 1 rings (SSSR count). The van der Waals surface area contributed by atoms with Crippen molar-refractivity contribution in [1.82, 2.24) is 0 Å². The van der Waals surface area contributed by atoms with Crippen molar-refractivity contribution in [1.29, 1.82) is 0 Å². The third-order valence-corrected chi connectivity index (χ3v) is 7.55. The van der Waals surface area contributed by atoms with E-state index in [1.54, 1.807) is 31.2 Å². The van der Waals surface area contributed by atoms with E-state index in [1.165, 1.54) is 13.2 Å². The number of aliphatic hydroxyl groups excluding tert-OH is 5. The number of ether oxygens (including phenoxy) is 3. The van der Waals surface area contributed by atoms with Crippen LogP contribution < -0.4 is 0 Å². The zero-order valence-electron chi connectivity index (χ0n) is 28.8. The Morgan fingerprint density at radius 1 is 0.708 bits per heavy atom. The number of carbonyl (C=O) groups is 1. The van der Waals surface area contributed by atoms with Gasteiger partial charge in [0.2, 0.25) is 0 Å². The Labute approximate surface area is 286 Å². The Balaban J connectivity index is 2.30. The Bertz CT molecular complexity index is 1190. The normalized spacial score (nSPS) is 26.2. The summed E-state index contributed by atoms with van der Waals surface area (Å²) < 4.78 is 15.6. The van der Waals surface area contributed by atoms with E-state index in [4.69, 9.17) is 9.47 Å². The molecule has 1 saturated heterocycles. The summed E-state index contributed by atoms with van der Waals surface area (Å²) in [5.41, 5.74) is 0. The van der Waals surface area contributed by atoms with Gasteiger partial charge in [-0.05, 0) is 33.1 Å². The van der Waals surface area contributed by atoms with E-state index in [-0.39, 0.29) is 17.9 Å². The molecule has 1 heterocycles. The molecule has 48 heavy (non-hydrogen) atoms. The number of hydrogen-bond donors (Lipinski definition) is 5. The molecule has 9 heteroatoms. The van der Waals surface area contributed by atoms with E-state index >= 15 is 0 Å². The Kier molecular flexibility index (Phi) is 22.7. The molecule has 1 aliphatic heterocycles. The van der Waals surface area contributed by atoms with E-state index in [0.717, 1.165) is 12.8 Å². The molecule has 0 aromatic rings. The molecule has 1 fully saturated rings. The highest BCUT2D eigenvalue weighted by Crippen LogP contribution is 2.23. The van der Waals surface area contributed by atoms with Gasteiger partial charge in [0.1, 0.15) is 18.3 Å². The van der Waals surface area contributed by atoms with Crippen molar-refractivity contribution in [3.8, 4) is 0 Å². The van der Waals surface area contributed by atoms with Crippen LogP contribution in [0.3, 0.4) is 0 Å². The van der Waals surface area contributed by atoms with Gasteiger partial charge in [0.15, 0.2) is 6.29 Å². The maximum Gasteiger partial charge on any atom is 0.330 e. The quantitative estimate of drug-likeness (QED) is 0.0393. The number of aliphatic hydroxyl groups is 5. The number of rotatable bonds is 20. The molecule has 0 bridgehead atoms. The van der Waals surface area contributed by atoms with Crippen LogP contribution >= 0.6 is 0 Å². The lowest BCUT2D eigenvalue weighted by molar-refractivity contribution is -0.302. The highest BCUT2D eigenvalue weighted by Gasteiger charge is 2.42. The van der Waals surface area contributed by atoms with Gasteiger partial charge in [-0.3, -0.25) is 0 Å². The van der Waals surface area contributed by atoms with Crippen molar-refractivity contribution in [3.05, 3.63) is 122 Å². The van der Waals surface area contributed by atoms with Crippen LogP contribution in [0.5, 0.6) is 0 Å². The van der Waals surface area contributed by atoms with E-state index < -0.39 is 48.9 Å². The van der Waals surface area contributed by atoms with Crippen molar-refractivity contribution < 1.29 is 44.5 Å². The predicted molar refractivity (Wildman–Crippen MR) is 191 cm³/mol. The molecule has 266 valence electrons. The molecule has 0 saturated carbocycles. The van der Waals surface area contributed by atoms with Gasteiger partial charge in [-0.2, -0.15) is 0 Å². The summed E-state index contributed by atoms with van der Waals surface area (Å²) in [6, 6.07) is 0. The molecule has 0 amide bonds. The molecule has 0 aromatic heterocycles. The average Bonchev–Trinajstić information content (AvgIpc) is 3.07. The second kappa shape index (κ2) is 25.6. The third-order valence-electron chi connectivity index (χ3n) is 7.55. The van der Waals surface area contributed by atoms with Crippen molar-refractivity contribution in [2.24, 2.45) is 11.8 Å². The first-order chi connectivity index (χ1) is 23.0. The van der Waals surface area contributed by atoms with Crippen molar-refractivity contribution in [2.75, 3.05) is 7.11 Å². The number of methoxy groups -OCH3 is 1. The minimum atomic E-state index is -1.32. The molecule has 10 atom stereocenters. The van der Waals surface area contributed by atoms with Gasteiger partial charge < -0.3 is 39.7 Å². The zero-order chi connectivity index (χ0) is 35.7. The van der Waals surface area contributed by atoms with Crippen LogP contribution in [0.15, 0.2) is 122 Å². The highest BCUT2D eigenvalue weighted by atomic mass is 16.7. The first-order valence-electron chi connectivity index (χ1n) is 16.4. The fourth-order valence-electron chi connectivity index (χ4n) is 4.43. The summed E-state index contributed by atoms with van der Waals surface area (Å²) in [6.07, 6.45) is 31.8. The summed E-state index contributed by atoms with van der Waals surface area (Å²) in [4.78, 5) is 10.9. The van der Waals surface area contributed by atoms with Gasteiger partial charge in [-0.15, -0.1) is 0 Å². The van der Waals surface area contributed by atoms with E-state index in [1.807, 2.05) is 106 Å². The van der Waals surface area contributed by atoms with E-state index in [2.05, 4.69) is 10.8 Å². The van der Waals surface area contributed by atoms with Crippen molar-refractivity contribution >= 4 is 5.97 Å². The maximum atomic E-state index is 10.9. The Hall–Kier alpha value is -3.41. The van der Waals surface area contributed by atoms with Gasteiger partial charge in [0, 0.05) is 17.9 Å². The largest absolute Gasteiger partial charge is 0.466 e. The van der Waals surface area contributed by atoms with Gasteiger partial charge in [-0.1, -0.05) is 129 Å². The minimum absolute atomic E-state index is 0.100. The standard InChI is InChI=1S/C39H56O9/c1-29(25-21-17-13-9-6-7-12-16-20-24-28-34(41)46-5)35(42)31(3)33(40)27-23-19-15-11-8-10-14-18-22-26-30(2)47-39-38(45)37(44)36(43)32(4)48-39/h6-12,14-16,18-25,27-33,35-40,42-45H,13,17,26H2,1-5H3/b9-6+,11-8+,12-7+,14-10+,19-15+,20-16+,22-18+,25-21+,27-23+,28-24+. The summed E-state index contributed by atoms with van der Waals surface area (Å²) in [7, 11) is 1.33. The molecule has 0 radical (unpaired) electrons. The zero-order valence-corrected chi connectivity index (χ0v) is 28.8. The van der Waals surface area contributed by atoms with Crippen molar-refractivity contribution in [3.63, 3.8) is 0 Å². The summed E-state index contributed by atoms with van der Waals surface area (Å²) in [5.74, 6) is -0.828. The molecule has 5 N–H and O–H groups in total. The number of esters is 1. The van der Waals surface area contributed by atoms with Gasteiger partial charge in [0.05, 0.1) is 31.5 Å². The molecule has 0 spiro atoms. The molecule has 0 aromatic carbocycles. The minimum Gasteiger partial charge on any atom is -0.466 e. The fourth-order valence-corrected chi connectivity index (χ4v) is 4.43. The molecule has 10 unspecified atom stereocenters. The van der Waals surface area contributed by atoms with Crippen LogP contribution in [0, 0.1) is 11.8 Å². The lowest BCUT2D eigenvalue weighted by atomic mass is 9.88. The van der Waals surface area contributed by atoms with Crippen LogP contribution in [0.25, 0.3) is 0 Å². The lowest BCUT2D eigenvalue weighted by Crippen LogP contribution is -2.57. The second-order valence-electron chi connectivity index (χ2n) is 11.6. The smallest absolute Gasteiger partial charge is 0.330 e. The summed E-state index contributed by atoms with van der Waals surface area (Å²) in [5, 5.41) is 50.9. The molecule has 0 aliphatic carbocycles. The third kappa shape index (κ3) is 18.2. The number of carbonyl (C=O) groups excluding carboxylic acids is 1. The predicted octanol–water partition coefficient (Wildman–Crippen LogP) is 5.12. The molecule has 1 aliphatic rings. The molecular formula is C39H56O9. The topological polar surface area (TPSA) is 146 Å².